The number of rotatable bonds is 6. The SMILES string of the molecule is CC[C@@H]([C@H](C)O)N(C)C(=O)c1ccc(N2CCN(c3ccc(Br)cc3)CC2)cc1. The molecule has 0 bridgehead atoms. The Morgan fingerprint density at radius 3 is 1.86 bits per heavy atom. The van der Waals surface area contributed by atoms with Crippen molar-refractivity contribution >= 4 is 33.2 Å². The van der Waals surface area contributed by atoms with E-state index in [0.29, 0.717) is 5.56 Å². The normalized spacial score (nSPS) is 16.4. The quantitative estimate of drug-likeness (QED) is 0.708. The number of hydrogen-bond donors (Lipinski definition) is 1. The maximum absolute atomic E-state index is 12.8. The lowest BCUT2D eigenvalue weighted by Crippen LogP contribution is -2.46. The lowest BCUT2D eigenvalue weighted by atomic mass is 10.1. The Balaban J connectivity index is 1.61. The van der Waals surface area contributed by atoms with Gasteiger partial charge in [0.2, 0.25) is 0 Å². The van der Waals surface area contributed by atoms with Gasteiger partial charge < -0.3 is 19.8 Å². The molecule has 1 amide bonds. The van der Waals surface area contributed by atoms with Gasteiger partial charge in [0.1, 0.15) is 0 Å². The van der Waals surface area contributed by atoms with E-state index in [4.69, 9.17) is 0 Å². The molecule has 0 aromatic heterocycles. The number of carbonyl (C=O) groups excluding carboxylic acids is 1. The molecule has 0 aliphatic carbocycles. The fraction of sp³-hybridized carbons (Fsp3) is 0.435. The largest absolute Gasteiger partial charge is 0.391 e. The third-order valence-corrected chi connectivity index (χ3v) is 6.27. The van der Waals surface area contributed by atoms with Crippen molar-refractivity contribution in [1.82, 2.24) is 4.90 Å². The third kappa shape index (κ3) is 5.11. The number of benzene rings is 2. The van der Waals surface area contributed by atoms with Crippen LogP contribution in [-0.2, 0) is 0 Å². The smallest absolute Gasteiger partial charge is 0.253 e. The van der Waals surface area contributed by atoms with E-state index in [1.165, 1.54) is 5.69 Å². The van der Waals surface area contributed by atoms with Crippen molar-refractivity contribution in [2.45, 2.75) is 32.4 Å². The Kier molecular flexibility index (Phi) is 7.19. The highest BCUT2D eigenvalue weighted by Crippen LogP contribution is 2.23. The Labute approximate surface area is 182 Å². The first-order valence-corrected chi connectivity index (χ1v) is 11.0. The molecule has 156 valence electrons. The number of amides is 1. The van der Waals surface area contributed by atoms with Gasteiger partial charge in [-0.3, -0.25) is 4.79 Å². The van der Waals surface area contributed by atoms with Crippen LogP contribution < -0.4 is 9.80 Å². The molecule has 1 heterocycles. The zero-order valence-electron chi connectivity index (χ0n) is 17.4. The van der Waals surface area contributed by atoms with E-state index in [-0.39, 0.29) is 11.9 Å². The van der Waals surface area contributed by atoms with Gasteiger partial charge >= 0.3 is 0 Å². The summed E-state index contributed by atoms with van der Waals surface area (Å²) in [6.45, 7) is 7.55. The highest BCUT2D eigenvalue weighted by Gasteiger charge is 2.24. The second-order valence-corrected chi connectivity index (χ2v) is 8.55. The lowest BCUT2D eigenvalue weighted by Gasteiger charge is -2.37. The molecule has 1 saturated heterocycles. The zero-order chi connectivity index (χ0) is 21.0. The topological polar surface area (TPSA) is 47.0 Å². The maximum Gasteiger partial charge on any atom is 0.253 e. The van der Waals surface area contributed by atoms with Crippen LogP contribution in [-0.4, -0.2) is 61.3 Å². The van der Waals surface area contributed by atoms with Crippen LogP contribution in [0.1, 0.15) is 30.6 Å². The molecular formula is C23H30BrN3O2. The van der Waals surface area contributed by atoms with Crippen LogP contribution in [0, 0.1) is 0 Å². The van der Waals surface area contributed by atoms with Gasteiger partial charge in [0.25, 0.3) is 5.91 Å². The van der Waals surface area contributed by atoms with Gasteiger partial charge in [0, 0.05) is 54.6 Å². The molecule has 5 nitrogen and oxygen atoms in total. The van der Waals surface area contributed by atoms with Crippen molar-refractivity contribution in [2.24, 2.45) is 0 Å². The summed E-state index contributed by atoms with van der Waals surface area (Å²) in [7, 11) is 1.76. The van der Waals surface area contributed by atoms with Crippen molar-refractivity contribution < 1.29 is 9.90 Å². The molecule has 1 N–H and O–H groups in total. The molecule has 29 heavy (non-hydrogen) atoms. The summed E-state index contributed by atoms with van der Waals surface area (Å²) in [5.74, 6) is -0.0515. The van der Waals surface area contributed by atoms with E-state index < -0.39 is 6.10 Å². The molecule has 2 atom stereocenters. The Morgan fingerprint density at radius 1 is 1.00 bits per heavy atom. The predicted octanol–water partition coefficient (Wildman–Crippen LogP) is 4.01. The number of anilines is 2. The highest BCUT2D eigenvalue weighted by atomic mass is 79.9. The molecular weight excluding hydrogens is 430 g/mol. The number of halogens is 1. The summed E-state index contributed by atoms with van der Waals surface area (Å²) in [6, 6.07) is 16.1. The van der Waals surface area contributed by atoms with E-state index in [0.717, 1.165) is 42.8 Å². The van der Waals surface area contributed by atoms with Gasteiger partial charge in [-0.1, -0.05) is 22.9 Å². The van der Waals surface area contributed by atoms with Gasteiger partial charge in [-0.2, -0.15) is 0 Å². The van der Waals surface area contributed by atoms with Crippen molar-refractivity contribution in [3.05, 3.63) is 58.6 Å². The van der Waals surface area contributed by atoms with E-state index in [1.54, 1.807) is 18.9 Å². The number of likely N-dealkylation sites (N-methyl/N-ethyl adjacent to an activating group) is 1. The third-order valence-electron chi connectivity index (χ3n) is 5.74. The first-order valence-electron chi connectivity index (χ1n) is 10.2. The molecule has 3 rings (SSSR count). The number of aliphatic hydroxyl groups excluding tert-OH is 1. The molecule has 6 heteroatoms. The van der Waals surface area contributed by atoms with Gasteiger partial charge in [-0.15, -0.1) is 0 Å². The van der Waals surface area contributed by atoms with Gasteiger partial charge in [-0.05, 0) is 61.9 Å². The van der Waals surface area contributed by atoms with Crippen LogP contribution in [0.4, 0.5) is 11.4 Å². The molecule has 1 fully saturated rings. The maximum atomic E-state index is 12.8. The van der Waals surface area contributed by atoms with Crippen LogP contribution in [0.2, 0.25) is 0 Å². The summed E-state index contributed by atoms with van der Waals surface area (Å²) in [5, 5.41) is 9.90. The van der Waals surface area contributed by atoms with Crippen molar-refractivity contribution in [2.75, 3.05) is 43.0 Å². The second kappa shape index (κ2) is 9.63. The van der Waals surface area contributed by atoms with E-state index in [9.17, 15) is 9.90 Å². The van der Waals surface area contributed by atoms with E-state index >= 15 is 0 Å². The minimum atomic E-state index is -0.546. The number of nitrogens with zero attached hydrogens (tertiary/aromatic N) is 3. The number of hydrogen-bond acceptors (Lipinski definition) is 4. The average Bonchev–Trinajstić information content (AvgIpc) is 2.74. The van der Waals surface area contributed by atoms with Crippen molar-refractivity contribution in [3.8, 4) is 0 Å². The summed E-state index contributed by atoms with van der Waals surface area (Å²) in [4.78, 5) is 19.2. The summed E-state index contributed by atoms with van der Waals surface area (Å²) >= 11 is 3.49. The Bertz CT molecular complexity index is 800. The molecule has 2 aromatic rings. The molecule has 1 aliphatic rings. The van der Waals surface area contributed by atoms with E-state index in [2.05, 4.69) is 50.0 Å². The number of carbonyl (C=O) groups is 1. The molecule has 0 spiro atoms. The fourth-order valence-corrected chi connectivity index (χ4v) is 4.25. The minimum Gasteiger partial charge on any atom is -0.391 e. The Hall–Kier alpha value is -2.05. The van der Waals surface area contributed by atoms with Crippen LogP contribution in [0.25, 0.3) is 0 Å². The predicted molar refractivity (Wildman–Crippen MR) is 123 cm³/mol. The standard InChI is InChI=1S/C23H30BrN3O2/c1-4-22(17(2)28)25(3)23(29)18-5-9-20(10-6-18)26-13-15-27(16-14-26)21-11-7-19(24)8-12-21/h5-12,17,22,28H,4,13-16H2,1-3H3/t17-,22-/m0/s1. The van der Waals surface area contributed by atoms with Crippen molar-refractivity contribution in [1.29, 1.82) is 0 Å². The van der Waals surface area contributed by atoms with Gasteiger partial charge in [-0.25, -0.2) is 0 Å². The lowest BCUT2D eigenvalue weighted by molar-refractivity contribution is 0.0485. The van der Waals surface area contributed by atoms with Crippen LogP contribution in [0.15, 0.2) is 53.0 Å². The molecule has 1 aliphatic heterocycles. The summed E-state index contributed by atoms with van der Waals surface area (Å²) < 4.78 is 1.10. The van der Waals surface area contributed by atoms with Crippen molar-refractivity contribution in [3.63, 3.8) is 0 Å². The number of aliphatic hydroxyl groups is 1. The average molecular weight is 460 g/mol. The molecule has 0 saturated carbocycles. The summed E-state index contributed by atoms with van der Waals surface area (Å²) in [5.41, 5.74) is 3.05. The van der Waals surface area contributed by atoms with Crippen LogP contribution in [0.3, 0.4) is 0 Å². The Morgan fingerprint density at radius 2 is 1.45 bits per heavy atom. The molecule has 2 aromatic carbocycles. The second-order valence-electron chi connectivity index (χ2n) is 7.63. The monoisotopic (exact) mass is 459 g/mol. The number of piperazine rings is 1. The van der Waals surface area contributed by atoms with Gasteiger partial charge in [0.05, 0.1) is 12.1 Å². The highest BCUT2D eigenvalue weighted by molar-refractivity contribution is 9.10. The van der Waals surface area contributed by atoms with Gasteiger partial charge in [0.15, 0.2) is 0 Å². The molecule has 0 radical (unpaired) electrons. The van der Waals surface area contributed by atoms with E-state index in [1.807, 2.05) is 31.2 Å². The van der Waals surface area contributed by atoms with Crippen LogP contribution in [0.5, 0.6) is 0 Å². The van der Waals surface area contributed by atoms with Crippen LogP contribution >= 0.6 is 15.9 Å². The minimum absolute atomic E-state index is 0.0515. The summed E-state index contributed by atoms with van der Waals surface area (Å²) in [6.07, 6.45) is 0.177. The fourth-order valence-electron chi connectivity index (χ4n) is 3.98. The zero-order valence-corrected chi connectivity index (χ0v) is 19.0. The first-order chi connectivity index (χ1) is 13.9. The first kappa shape index (κ1) is 21.7. The molecule has 0 unspecified atom stereocenters.